The van der Waals surface area contributed by atoms with Gasteiger partial charge in [-0.15, -0.1) is 22.6 Å². The summed E-state index contributed by atoms with van der Waals surface area (Å²) in [6.07, 6.45) is 1.92. The van der Waals surface area contributed by atoms with Gasteiger partial charge in [0.05, 0.1) is 6.04 Å². The Morgan fingerprint density at radius 1 is 1.30 bits per heavy atom. The number of anilines is 1. The van der Waals surface area contributed by atoms with Gasteiger partial charge < -0.3 is 5.32 Å². The predicted molar refractivity (Wildman–Crippen MR) is 95.4 cm³/mol. The number of carbonyl (C=O) groups excluding carboxylic acids is 1. The highest BCUT2D eigenvalue weighted by Crippen LogP contribution is 2.34. The summed E-state index contributed by atoms with van der Waals surface area (Å²) in [6, 6.07) is 10.1. The van der Waals surface area contributed by atoms with E-state index in [2.05, 4.69) is 46.8 Å². The second-order valence-corrected chi connectivity index (χ2v) is 7.02. The van der Waals surface area contributed by atoms with Crippen molar-refractivity contribution < 1.29 is 4.79 Å². The van der Waals surface area contributed by atoms with Crippen molar-refractivity contribution in [1.82, 2.24) is 15.5 Å². The minimum absolute atomic E-state index is 0. The number of aromatic nitrogens is 2. The lowest BCUT2D eigenvalue weighted by Crippen LogP contribution is -2.35. The fraction of sp³-hybridized carbons (Fsp3) is 0.438. The Hall–Kier alpha value is -1.50. The molecule has 124 valence electrons. The molecule has 1 aromatic carbocycles. The summed E-state index contributed by atoms with van der Waals surface area (Å²) in [7, 11) is 0. The number of hydrogen-bond donors (Lipinski definition) is 2. The van der Waals surface area contributed by atoms with E-state index in [9.17, 15) is 4.79 Å². The molecule has 1 saturated heterocycles. The van der Waals surface area contributed by atoms with E-state index in [1.165, 1.54) is 16.9 Å². The molecule has 5 nitrogen and oxygen atoms in total. The summed E-state index contributed by atoms with van der Waals surface area (Å²) in [4.78, 5) is 12.1. The van der Waals surface area contributed by atoms with Gasteiger partial charge in [-0.05, 0) is 38.8 Å². The number of benzene rings is 1. The van der Waals surface area contributed by atoms with E-state index in [0.717, 1.165) is 24.4 Å². The molecule has 1 aromatic heterocycles. The summed E-state index contributed by atoms with van der Waals surface area (Å²) in [6.45, 7) is 5.14. The summed E-state index contributed by atoms with van der Waals surface area (Å²) in [5.41, 5.74) is 0.953. The molecule has 7 heteroatoms. The van der Waals surface area contributed by atoms with Crippen LogP contribution >= 0.6 is 23.7 Å². The van der Waals surface area contributed by atoms with Crippen LogP contribution in [-0.2, 0) is 10.2 Å². The maximum atomic E-state index is 12.1. The summed E-state index contributed by atoms with van der Waals surface area (Å²) >= 11 is 1.44. The third-order valence-corrected chi connectivity index (χ3v) is 5.22. The van der Waals surface area contributed by atoms with E-state index in [4.69, 9.17) is 0 Å². The SMILES string of the molecule is CC(C)(c1ccccc1)c1nnc(NC(=O)C2CCCN2)s1.Cl. The monoisotopic (exact) mass is 352 g/mol. The van der Waals surface area contributed by atoms with Gasteiger partial charge in [-0.1, -0.05) is 41.7 Å². The van der Waals surface area contributed by atoms with Crippen molar-refractivity contribution in [2.45, 2.75) is 38.1 Å². The highest BCUT2D eigenvalue weighted by atomic mass is 35.5. The second kappa shape index (κ2) is 7.38. The van der Waals surface area contributed by atoms with Gasteiger partial charge in [0.2, 0.25) is 11.0 Å². The van der Waals surface area contributed by atoms with Crippen molar-refractivity contribution >= 4 is 34.8 Å². The average Bonchev–Trinajstić information content (AvgIpc) is 3.19. The van der Waals surface area contributed by atoms with Gasteiger partial charge >= 0.3 is 0 Å². The van der Waals surface area contributed by atoms with Crippen LogP contribution in [-0.4, -0.2) is 28.7 Å². The van der Waals surface area contributed by atoms with Crippen LogP contribution in [0.2, 0.25) is 0 Å². The van der Waals surface area contributed by atoms with Crippen LogP contribution in [0.15, 0.2) is 30.3 Å². The zero-order chi connectivity index (χ0) is 15.6. The molecule has 2 aromatic rings. The largest absolute Gasteiger partial charge is 0.306 e. The first-order chi connectivity index (χ1) is 10.6. The van der Waals surface area contributed by atoms with E-state index in [1.54, 1.807) is 0 Å². The number of nitrogens with one attached hydrogen (secondary N) is 2. The minimum atomic E-state index is -0.229. The molecule has 0 aliphatic carbocycles. The Morgan fingerprint density at radius 3 is 2.70 bits per heavy atom. The molecule has 23 heavy (non-hydrogen) atoms. The van der Waals surface area contributed by atoms with E-state index < -0.39 is 0 Å². The number of hydrogen-bond acceptors (Lipinski definition) is 5. The van der Waals surface area contributed by atoms with Crippen molar-refractivity contribution in [3.63, 3.8) is 0 Å². The molecule has 1 fully saturated rings. The van der Waals surface area contributed by atoms with Gasteiger partial charge in [-0.2, -0.15) is 0 Å². The Labute approximate surface area is 146 Å². The molecule has 0 spiro atoms. The Morgan fingerprint density at radius 2 is 2.04 bits per heavy atom. The summed E-state index contributed by atoms with van der Waals surface area (Å²) < 4.78 is 0. The molecular weight excluding hydrogens is 332 g/mol. The van der Waals surface area contributed by atoms with Gasteiger partial charge in [-0.25, -0.2) is 0 Å². The molecule has 3 rings (SSSR count). The molecule has 0 radical (unpaired) electrons. The van der Waals surface area contributed by atoms with Gasteiger partial charge in [0, 0.05) is 5.41 Å². The zero-order valence-corrected chi connectivity index (χ0v) is 14.8. The summed E-state index contributed by atoms with van der Waals surface area (Å²) in [5.74, 6) is -0.0160. The maximum Gasteiger partial charge on any atom is 0.243 e. The van der Waals surface area contributed by atoms with E-state index in [0.29, 0.717) is 5.13 Å². The lowest BCUT2D eigenvalue weighted by atomic mass is 9.85. The molecule has 2 N–H and O–H groups in total. The van der Waals surface area contributed by atoms with Crippen molar-refractivity contribution in [3.8, 4) is 0 Å². The third-order valence-electron chi connectivity index (χ3n) is 4.06. The number of amides is 1. The second-order valence-electron chi connectivity index (χ2n) is 6.04. The van der Waals surface area contributed by atoms with Crippen molar-refractivity contribution in [2.24, 2.45) is 0 Å². The van der Waals surface area contributed by atoms with Gasteiger partial charge in [0.15, 0.2) is 0 Å². The molecule has 1 atom stereocenters. The van der Waals surface area contributed by atoms with Crippen LogP contribution in [0.4, 0.5) is 5.13 Å². The van der Waals surface area contributed by atoms with Gasteiger partial charge in [0.1, 0.15) is 5.01 Å². The molecule has 1 aliphatic rings. The average molecular weight is 353 g/mol. The molecule has 0 bridgehead atoms. The molecule has 2 heterocycles. The highest BCUT2D eigenvalue weighted by molar-refractivity contribution is 7.15. The Bertz CT molecular complexity index is 653. The standard InChI is InChI=1S/C16H20N4OS.ClH/c1-16(2,11-7-4-3-5-8-11)14-19-20-15(22-14)18-13(21)12-9-6-10-17-12;/h3-5,7-8,12,17H,6,9-10H2,1-2H3,(H,18,20,21);1H. The van der Waals surface area contributed by atoms with Crippen LogP contribution in [0.1, 0.15) is 37.3 Å². The van der Waals surface area contributed by atoms with Gasteiger partial charge in [-0.3, -0.25) is 10.1 Å². The predicted octanol–water partition coefficient (Wildman–Crippen LogP) is 2.98. The lowest BCUT2D eigenvalue weighted by Gasteiger charge is -2.21. The minimum Gasteiger partial charge on any atom is -0.306 e. The topological polar surface area (TPSA) is 66.9 Å². The quantitative estimate of drug-likeness (QED) is 0.887. The van der Waals surface area contributed by atoms with Gasteiger partial charge in [0.25, 0.3) is 0 Å². The first-order valence-corrected chi connectivity index (χ1v) is 8.33. The molecule has 1 aliphatic heterocycles. The first kappa shape index (κ1) is 17.8. The third kappa shape index (κ3) is 3.88. The fourth-order valence-electron chi connectivity index (χ4n) is 2.61. The molecular formula is C16H21ClN4OS. The zero-order valence-electron chi connectivity index (χ0n) is 13.2. The number of halogens is 1. The fourth-order valence-corrected chi connectivity index (χ4v) is 3.48. The van der Waals surface area contributed by atoms with E-state index >= 15 is 0 Å². The van der Waals surface area contributed by atoms with Crippen molar-refractivity contribution in [3.05, 3.63) is 40.9 Å². The Kier molecular flexibility index (Phi) is 5.73. The lowest BCUT2D eigenvalue weighted by molar-refractivity contribution is -0.117. The van der Waals surface area contributed by atoms with Crippen LogP contribution in [0.5, 0.6) is 0 Å². The van der Waals surface area contributed by atoms with E-state index in [1.807, 2.05) is 18.2 Å². The van der Waals surface area contributed by atoms with Crippen LogP contribution in [0.3, 0.4) is 0 Å². The van der Waals surface area contributed by atoms with Crippen molar-refractivity contribution in [2.75, 3.05) is 11.9 Å². The summed E-state index contributed by atoms with van der Waals surface area (Å²) in [5, 5.41) is 15.9. The number of nitrogens with zero attached hydrogens (tertiary/aromatic N) is 2. The first-order valence-electron chi connectivity index (χ1n) is 7.51. The normalized spacial score (nSPS) is 17.6. The van der Waals surface area contributed by atoms with Crippen molar-refractivity contribution in [1.29, 1.82) is 0 Å². The number of carbonyl (C=O) groups is 1. The molecule has 1 unspecified atom stereocenters. The molecule has 0 saturated carbocycles. The van der Waals surface area contributed by atoms with E-state index in [-0.39, 0.29) is 29.8 Å². The Balaban J connectivity index is 0.00000192. The van der Waals surface area contributed by atoms with Crippen LogP contribution in [0.25, 0.3) is 0 Å². The van der Waals surface area contributed by atoms with Crippen LogP contribution in [0, 0.1) is 0 Å². The number of rotatable bonds is 4. The maximum absolute atomic E-state index is 12.1. The van der Waals surface area contributed by atoms with Crippen LogP contribution < -0.4 is 10.6 Å². The highest BCUT2D eigenvalue weighted by Gasteiger charge is 2.28. The smallest absolute Gasteiger partial charge is 0.243 e. The molecule has 1 amide bonds.